The summed E-state index contributed by atoms with van der Waals surface area (Å²) in [6.45, 7) is 3.17. The van der Waals surface area contributed by atoms with Crippen molar-refractivity contribution in [3.8, 4) is 9.88 Å². The molecular weight excluding hydrogens is 408 g/mol. The average Bonchev–Trinajstić information content (AvgIpc) is 2.95. The first-order chi connectivity index (χ1) is 9.19. The van der Waals surface area contributed by atoms with Crippen molar-refractivity contribution in [1.29, 1.82) is 0 Å². The first kappa shape index (κ1) is 14.2. The maximum atomic E-state index is 4.90. The van der Waals surface area contributed by atoms with E-state index in [1.165, 1.54) is 34.7 Å². The molecule has 1 aliphatic carbocycles. The molecule has 0 spiro atoms. The van der Waals surface area contributed by atoms with Crippen molar-refractivity contribution in [3.63, 3.8) is 0 Å². The molecule has 1 aliphatic rings. The highest BCUT2D eigenvalue weighted by molar-refractivity contribution is 9.13. The van der Waals surface area contributed by atoms with Crippen molar-refractivity contribution >= 4 is 54.5 Å². The van der Waals surface area contributed by atoms with Gasteiger partial charge in [0.1, 0.15) is 5.01 Å². The summed E-state index contributed by atoms with van der Waals surface area (Å²) in [5, 5.41) is 4.71. The molecule has 0 saturated heterocycles. The molecule has 1 unspecified atom stereocenters. The number of nitrogens with one attached hydrogen (secondary N) is 1. The fourth-order valence-electron chi connectivity index (χ4n) is 2.42. The molecule has 0 fully saturated rings. The maximum Gasteiger partial charge on any atom is 0.134 e. The lowest BCUT2D eigenvalue weighted by molar-refractivity contribution is 0.465. The van der Waals surface area contributed by atoms with Crippen LogP contribution in [0.5, 0.6) is 0 Å². The molecule has 2 aromatic heterocycles. The average molecular weight is 422 g/mol. The Morgan fingerprint density at radius 2 is 2.26 bits per heavy atom. The predicted molar refractivity (Wildman–Crippen MR) is 90.2 cm³/mol. The minimum absolute atomic E-state index is 0.450. The summed E-state index contributed by atoms with van der Waals surface area (Å²) in [4.78, 5) is 7.61. The van der Waals surface area contributed by atoms with E-state index < -0.39 is 0 Å². The van der Waals surface area contributed by atoms with Crippen LogP contribution in [0.25, 0.3) is 9.88 Å². The van der Waals surface area contributed by atoms with Gasteiger partial charge in [-0.3, -0.25) is 0 Å². The van der Waals surface area contributed by atoms with Crippen LogP contribution in [-0.2, 0) is 6.42 Å². The van der Waals surface area contributed by atoms with Crippen LogP contribution in [0.1, 0.15) is 36.4 Å². The minimum atomic E-state index is 0.450. The van der Waals surface area contributed by atoms with Gasteiger partial charge in [-0.1, -0.05) is 6.92 Å². The molecule has 2 heterocycles. The van der Waals surface area contributed by atoms with Crippen LogP contribution in [0.2, 0.25) is 0 Å². The second kappa shape index (κ2) is 5.93. The maximum absolute atomic E-state index is 4.90. The summed E-state index contributed by atoms with van der Waals surface area (Å²) in [5.41, 5.74) is 1.29. The highest BCUT2D eigenvalue weighted by Crippen LogP contribution is 2.42. The molecule has 0 aromatic carbocycles. The fourth-order valence-corrected chi connectivity index (χ4v) is 5.67. The van der Waals surface area contributed by atoms with Gasteiger partial charge in [0.05, 0.1) is 20.4 Å². The molecule has 1 atom stereocenters. The molecule has 1 N–H and O–H groups in total. The van der Waals surface area contributed by atoms with Crippen LogP contribution >= 0.6 is 54.5 Å². The van der Waals surface area contributed by atoms with Gasteiger partial charge in [-0.15, -0.1) is 22.7 Å². The van der Waals surface area contributed by atoms with Gasteiger partial charge in [0.15, 0.2) is 0 Å². The van der Waals surface area contributed by atoms with E-state index in [1.54, 1.807) is 11.3 Å². The number of hydrogen-bond donors (Lipinski definition) is 1. The summed E-state index contributed by atoms with van der Waals surface area (Å²) in [6, 6.07) is 2.60. The molecule has 19 heavy (non-hydrogen) atoms. The Hall–Kier alpha value is 0.250. The lowest BCUT2D eigenvalue weighted by Gasteiger charge is -2.21. The normalized spacial score (nSPS) is 18.6. The van der Waals surface area contributed by atoms with Gasteiger partial charge in [-0.05, 0) is 63.7 Å². The number of nitrogens with zero attached hydrogens (tertiary/aromatic N) is 1. The summed E-state index contributed by atoms with van der Waals surface area (Å²) in [6.07, 6.45) is 3.66. The smallest absolute Gasteiger partial charge is 0.134 e. The van der Waals surface area contributed by atoms with Crippen LogP contribution in [0.3, 0.4) is 0 Å². The van der Waals surface area contributed by atoms with Crippen LogP contribution in [0.15, 0.2) is 14.3 Å². The third-order valence-corrected chi connectivity index (χ3v) is 7.82. The lowest BCUT2D eigenvalue weighted by atomic mass is 9.98. The topological polar surface area (TPSA) is 24.9 Å². The first-order valence-electron chi connectivity index (χ1n) is 6.37. The predicted octanol–water partition coefficient (Wildman–Crippen LogP) is 5.38. The second-order valence-electron chi connectivity index (χ2n) is 4.56. The summed E-state index contributed by atoms with van der Waals surface area (Å²) >= 11 is 10.7. The Morgan fingerprint density at radius 3 is 2.95 bits per heavy atom. The quantitative estimate of drug-likeness (QED) is 0.718. The van der Waals surface area contributed by atoms with E-state index in [0.29, 0.717) is 6.04 Å². The fraction of sp³-hybridized carbons (Fsp3) is 0.462. The largest absolute Gasteiger partial charge is 0.309 e. The van der Waals surface area contributed by atoms with Crippen molar-refractivity contribution < 1.29 is 0 Å². The van der Waals surface area contributed by atoms with Crippen molar-refractivity contribution in [2.45, 2.75) is 32.2 Å². The number of rotatable bonds is 3. The van der Waals surface area contributed by atoms with Crippen molar-refractivity contribution in [2.24, 2.45) is 0 Å². The van der Waals surface area contributed by atoms with E-state index in [0.717, 1.165) is 19.8 Å². The third kappa shape index (κ3) is 2.83. The minimum Gasteiger partial charge on any atom is -0.309 e. The highest BCUT2D eigenvalue weighted by Gasteiger charge is 2.24. The van der Waals surface area contributed by atoms with E-state index in [1.807, 2.05) is 11.3 Å². The van der Waals surface area contributed by atoms with Crippen LogP contribution in [-0.4, -0.2) is 11.5 Å². The molecule has 0 amide bonds. The molecule has 0 radical (unpaired) electrons. The zero-order valence-corrected chi connectivity index (χ0v) is 15.3. The standard InChI is InChI=1S/C13H14Br2N2S2/c1-2-16-8-4-3-5-9-11(8)17-13(19-9)10-6-7(14)12(15)18-10/h6,8,16H,2-5H2,1H3. The first-order valence-corrected chi connectivity index (χ1v) is 9.59. The number of halogens is 2. The number of hydrogen-bond acceptors (Lipinski definition) is 4. The van der Waals surface area contributed by atoms with E-state index >= 15 is 0 Å². The van der Waals surface area contributed by atoms with Crippen LogP contribution in [0.4, 0.5) is 0 Å². The third-order valence-electron chi connectivity index (χ3n) is 3.26. The number of thiophene rings is 1. The van der Waals surface area contributed by atoms with E-state index in [2.05, 4.69) is 50.2 Å². The van der Waals surface area contributed by atoms with E-state index in [4.69, 9.17) is 4.98 Å². The summed E-state index contributed by atoms with van der Waals surface area (Å²) < 4.78 is 2.25. The van der Waals surface area contributed by atoms with Crippen LogP contribution in [0, 0.1) is 0 Å². The zero-order valence-electron chi connectivity index (χ0n) is 10.5. The Balaban J connectivity index is 1.97. The van der Waals surface area contributed by atoms with Gasteiger partial charge < -0.3 is 5.32 Å². The Morgan fingerprint density at radius 1 is 1.42 bits per heavy atom. The van der Waals surface area contributed by atoms with Gasteiger partial charge in [-0.25, -0.2) is 4.98 Å². The van der Waals surface area contributed by atoms with Gasteiger partial charge in [0.25, 0.3) is 0 Å². The number of fused-ring (bicyclic) bond motifs is 1. The van der Waals surface area contributed by atoms with Gasteiger partial charge >= 0.3 is 0 Å². The van der Waals surface area contributed by atoms with Crippen molar-refractivity contribution in [3.05, 3.63) is 24.9 Å². The van der Waals surface area contributed by atoms with Gasteiger partial charge in [0, 0.05) is 9.35 Å². The summed E-state index contributed by atoms with van der Waals surface area (Å²) in [5.74, 6) is 0. The molecule has 0 aliphatic heterocycles. The Kier molecular flexibility index (Phi) is 4.43. The SMILES string of the molecule is CCNC1CCCc2sc(-c3cc(Br)c(Br)s3)nc21. The van der Waals surface area contributed by atoms with Gasteiger partial charge in [-0.2, -0.15) is 0 Å². The molecule has 0 saturated carbocycles. The lowest BCUT2D eigenvalue weighted by Crippen LogP contribution is -2.24. The van der Waals surface area contributed by atoms with Crippen molar-refractivity contribution in [2.75, 3.05) is 6.54 Å². The monoisotopic (exact) mass is 420 g/mol. The number of aromatic nitrogens is 1. The van der Waals surface area contributed by atoms with Crippen LogP contribution < -0.4 is 5.32 Å². The molecular formula is C13H14Br2N2S2. The molecule has 2 nitrogen and oxygen atoms in total. The molecule has 102 valence electrons. The molecule has 6 heteroatoms. The second-order valence-corrected chi connectivity index (χ2v) is 8.87. The highest BCUT2D eigenvalue weighted by atomic mass is 79.9. The molecule has 2 aromatic rings. The number of aryl methyl sites for hydroxylation is 1. The van der Waals surface area contributed by atoms with Crippen molar-refractivity contribution in [1.82, 2.24) is 10.3 Å². The molecule has 0 bridgehead atoms. The van der Waals surface area contributed by atoms with E-state index in [-0.39, 0.29) is 0 Å². The number of thiazole rings is 1. The zero-order chi connectivity index (χ0) is 13.4. The van der Waals surface area contributed by atoms with Gasteiger partial charge in [0.2, 0.25) is 0 Å². The van der Waals surface area contributed by atoms with E-state index in [9.17, 15) is 0 Å². The Labute approximate surface area is 137 Å². The summed E-state index contributed by atoms with van der Waals surface area (Å²) in [7, 11) is 0. The Bertz CT molecular complexity index is 572. The molecule has 3 rings (SSSR count).